The Morgan fingerprint density at radius 3 is 1.54 bits per heavy atom. The monoisotopic (exact) mass is 411 g/mol. The molecule has 160 valence electrons. The lowest BCUT2D eigenvalue weighted by Crippen LogP contribution is -2.73. The Balaban J connectivity index is 6.43. The molecular formula is C14H21NO13. The fraction of sp³-hybridized carbons (Fsp3) is 0.643. The van der Waals surface area contributed by atoms with Gasteiger partial charge < -0.3 is 46.6 Å². The standard InChI is InChI=1S/C14H21NO13/c15-11(5(16)1-7(18)19)13(27,3-9(22)23)14(28,4-10(24)25)12(26)6(17)2-8(20)21/h6,11-12,17,26-28H,1-4,15H2,(H,18,19)(H,20,21)(H,22,23)(H,24,25)/t6?,11-,12+,13+,14+/m0/s1. The van der Waals surface area contributed by atoms with Crippen molar-refractivity contribution >= 4 is 29.7 Å². The Bertz CT molecular complexity index is 649. The summed E-state index contributed by atoms with van der Waals surface area (Å²) in [5.74, 6) is -8.88. The van der Waals surface area contributed by atoms with Crippen LogP contribution in [0.2, 0.25) is 0 Å². The minimum absolute atomic E-state index is 1.26. The number of carboxylic acid groups (broad SMARTS) is 4. The molecule has 0 aliphatic carbocycles. The number of hydrogen-bond donors (Lipinski definition) is 9. The van der Waals surface area contributed by atoms with Crippen molar-refractivity contribution in [2.24, 2.45) is 5.73 Å². The summed E-state index contributed by atoms with van der Waals surface area (Å²) in [5, 5.41) is 76.5. The number of nitrogens with two attached hydrogens (primary N) is 1. The second-order valence-corrected chi connectivity index (χ2v) is 6.11. The Labute approximate surface area is 156 Å². The maximum Gasteiger partial charge on any atom is 0.310 e. The lowest BCUT2D eigenvalue weighted by Gasteiger charge is -2.48. The predicted molar refractivity (Wildman–Crippen MR) is 83.9 cm³/mol. The molecule has 0 aromatic rings. The maximum atomic E-state index is 11.9. The van der Waals surface area contributed by atoms with Crippen molar-refractivity contribution in [3.63, 3.8) is 0 Å². The van der Waals surface area contributed by atoms with E-state index in [2.05, 4.69) is 0 Å². The molecule has 0 aromatic heterocycles. The molecule has 0 spiro atoms. The molecule has 28 heavy (non-hydrogen) atoms. The van der Waals surface area contributed by atoms with Gasteiger partial charge in [0.05, 0.1) is 31.4 Å². The second-order valence-electron chi connectivity index (χ2n) is 6.11. The third-order valence-corrected chi connectivity index (χ3v) is 4.02. The van der Waals surface area contributed by atoms with Gasteiger partial charge in [0, 0.05) is 0 Å². The first-order chi connectivity index (χ1) is 12.6. The van der Waals surface area contributed by atoms with Gasteiger partial charge in [-0.2, -0.15) is 0 Å². The molecule has 0 rings (SSSR count). The summed E-state index contributed by atoms with van der Waals surface area (Å²) < 4.78 is 0. The van der Waals surface area contributed by atoms with E-state index < -0.39 is 84.8 Å². The number of Topliss-reactive ketones (excluding diaryl/α,β-unsaturated/α-hetero) is 1. The van der Waals surface area contributed by atoms with Crippen LogP contribution in [-0.2, 0) is 24.0 Å². The first kappa shape index (κ1) is 25.4. The normalized spacial score (nSPS) is 18.8. The third kappa shape index (κ3) is 5.93. The Hall–Kier alpha value is -2.65. The number of aliphatic hydroxyl groups is 4. The molecule has 1 unspecified atom stereocenters. The number of carbonyl (C=O) groups excluding carboxylic acids is 1. The molecule has 0 aliphatic rings. The SMILES string of the molecule is N[C@@H](C(=O)CC(=O)O)[C@](O)(CC(=O)O)[C@@](O)(CC(=O)O)[C@H](O)C(O)CC(=O)O. The average molecular weight is 411 g/mol. The molecule has 14 heteroatoms. The highest BCUT2D eigenvalue weighted by Gasteiger charge is 2.62. The van der Waals surface area contributed by atoms with Crippen molar-refractivity contribution in [2.45, 2.75) is 55.1 Å². The summed E-state index contributed by atoms with van der Waals surface area (Å²) in [6.07, 6.45) is -11.1. The van der Waals surface area contributed by atoms with E-state index in [0.717, 1.165) is 0 Å². The van der Waals surface area contributed by atoms with Crippen LogP contribution < -0.4 is 5.73 Å². The van der Waals surface area contributed by atoms with Crippen molar-refractivity contribution < 1.29 is 64.8 Å². The second kappa shape index (κ2) is 9.52. The van der Waals surface area contributed by atoms with Crippen molar-refractivity contribution in [3.8, 4) is 0 Å². The van der Waals surface area contributed by atoms with Crippen molar-refractivity contribution in [2.75, 3.05) is 0 Å². The van der Waals surface area contributed by atoms with Gasteiger partial charge in [0.2, 0.25) is 0 Å². The summed E-state index contributed by atoms with van der Waals surface area (Å²) in [6, 6.07) is -2.53. The average Bonchev–Trinajstić information content (AvgIpc) is 2.50. The molecule has 10 N–H and O–H groups in total. The summed E-state index contributed by atoms with van der Waals surface area (Å²) in [7, 11) is 0. The number of aliphatic hydroxyl groups excluding tert-OH is 2. The van der Waals surface area contributed by atoms with Crippen LogP contribution in [0.5, 0.6) is 0 Å². The van der Waals surface area contributed by atoms with Gasteiger partial charge in [-0.15, -0.1) is 0 Å². The highest BCUT2D eigenvalue weighted by atomic mass is 16.4. The summed E-state index contributed by atoms with van der Waals surface area (Å²) in [6.45, 7) is 0. The van der Waals surface area contributed by atoms with Crippen LogP contribution >= 0.6 is 0 Å². The maximum absolute atomic E-state index is 11.9. The fourth-order valence-corrected chi connectivity index (χ4v) is 2.64. The van der Waals surface area contributed by atoms with Gasteiger partial charge in [-0.1, -0.05) is 0 Å². The fourth-order valence-electron chi connectivity index (χ4n) is 2.64. The third-order valence-electron chi connectivity index (χ3n) is 4.02. The largest absolute Gasteiger partial charge is 0.481 e. The Kier molecular flexibility index (Phi) is 8.62. The molecule has 0 saturated carbocycles. The molecule has 14 nitrogen and oxygen atoms in total. The van der Waals surface area contributed by atoms with Crippen LogP contribution in [0.25, 0.3) is 0 Å². The quantitative estimate of drug-likeness (QED) is 0.131. The molecular weight excluding hydrogens is 390 g/mol. The van der Waals surface area contributed by atoms with E-state index in [4.69, 9.17) is 26.2 Å². The highest BCUT2D eigenvalue weighted by Crippen LogP contribution is 2.37. The Morgan fingerprint density at radius 2 is 1.18 bits per heavy atom. The molecule has 0 amide bonds. The smallest absolute Gasteiger partial charge is 0.310 e. The van der Waals surface area contributed by atoms with E-state index >= 15 is 0 Å². The van der Waals surface area contributed by atoms with Crippen LogP contribution in [0.15, 0.2) is 0 Å². The van der Waals surface area contributed by atoms with E-state index in [-0.39, 0.29) is 0 Å². The number of aliphatic carboxylic acids is 4. The highest BCUT2D eigenvalue weighted by molar-refractivity contribution is 5.98. The Morgan fingerprint density at radius 1 is 0.750 bits per heavy atom. The zero-order valence-electron chi connectivity index (χ0n) is 14.3. The van der Waals surface area contributed by atoms with E-state index in [1.807, 2.05) is 0 Å². The first-order valence-corrected chi connectivity index (χ1v) is 7.54. The van der Waals surface area contributed by atoms with Crippen LogP contribution in [0.1, 0.15) is 25.7 Å². The van der Waals surface area contributed by atoms with Gasteiger partial charge in [-0.05, 0) is 0 Å². The van der Waals surface area contributed by atoms with Crippen molar-refractivity contribution in [1.82, 2.24) is 0 Å². The molecule has 0 aromatic carbocycles. The number of ketones is 1. The van der Waals surface area contributed by atoms with E-state index in [1.165, 1.54) is 0 Å². The van der Waals surface area contributed by atoms with Gasteiger partial charge in [-0.25, -0.2) is 0 Å². The van der Waals surface area contributed by atoms with Gasteiger partial charge in [-0.3, -0.25) is 24.0 Å². The van der Waals surface area contributed by atoms with Gasteiger partial charge in [0.25, 0.3) is 0 Å². The van der Waals surface area contributed by atoms with Crippen molar-refractivity contribution in [3.05, 3.63) is 0 Å². The van der Waals surface area contributed by atoms with Crippen molar-refractivity contribution in [1.29, 1.82) is 0 Å². The molecule has 0 bridgehead atoms. The summed E-state index contributed by atoms with van der Waals surface area (Å²) in [4.78, 5) is 55.5. The number of hydrogen-bond acceptors (Lipinski definition) is 10. The molecule has 0 heterocycles. The van der Waals surface area contributed by atoms with E-state index in [0.29, 0.717) is 0 Å². The van der Waals surface area contributed by atoms with Gasteiger partial charge in [0.15, 0.2) is 5.78 Å². The molecule has 0 fully saturated rings. The first-order valence-electron chi connectivity index (χ1n) is 7.54. The lowest BCUT2D eigenvalue weighted by molar-refractivity contribution is -0.238. The zero-order valence-corrected chi connectivity index (χ0v) is 14.3. The van der Waals surface area contributed by atoms with Crippen LogP contribution in [0, 0.1) is 0 Å². The molecule has 0 aliphatic heterocycles. The van der Waals surface area contributed by atoms with Crippen LogP contribution in [-0.4, -0.2) is 100.0 Å². The molecule has 0 saturated heterocycles. The van der Waals surface area contributed by atoms with Gasteiger partial charge in [0.1, 0.15) is 23.7 Å². The van der Waals surface area contributed by atoms with Crippen LogP contribution in [0.4, 0.5) is 0 Å². The summed E-state index contributed by atoms with van der Waals surface area (Å²) in [5.41, 5.74) is -1.65. The lowest BCUT2D eigenvalue weighted by atomic mass is 9.67. The molecule has 0 radical (unpaired) electrons. The van der Waals surface area contributed by atoms with E-state index in [9.17, 15) is 44.4 Å². The minimum Gasteiger partial charge on any atom is -0.481 e. The van der Waals surface area contributed by atoms with E-state index in [1.54, 1.807) is 0 Å². The number of rotatable bonds is 13. The number of carbonyl (C=O) groups is 5. The zero-order chi connectivity index (χ0) is 22.4. The van der Waals surface area contributed by atoms with Crippen LogP contribution in [0.3, 0.4) is 0 Å². The number of carboxylic acids is 4. The molecule has 5 atom stereocenters. The minimum atomic E-state index is -3.56. The van der Waals surface area contributed by atoms with Gasteiger partial charge >= 0.3 is 23.9 Å². The summed E-state index contributed by atoms with van der Waals surface area (Å²) >= 11 is 0. The predicted octanol–water partition coefficient (Wildman–Crippen LogP) is -4.03. The topological polar surface area (TPSA) is 273 Å².